The van der Waals surface area contributed by atoms with Gasteiger partial charge in [0.2, 0.25) is 0 Å². The van der Waals surface area contributed by atoms with Gasteiger partial charge in [0.1, 0.15) is 0 Å². The van der Waals surface area contributed by atoms with E-state index in [0.717, 1.165) is 0 Å². The third kappa shape index (κ3) is 10.2. The Morgan fingerprint density at radius 1 is 0.552 bits per heavy atom. The van der Waals surface area contributed by atoms with Gasteiger partial charge in [-0.1, -0.05) is 20.8 Å². The molecule has 0 aromatic heterocycles. The highest BCUT2D eigenvalue weighted by Gasteiger charge is 2.57. The SMILES string of the molecule is CC(C)(C)C(OCCCCC(F)(F)C(F)(F)F)OCCCCC(F)(F)C(F)(F)F. The number of ether oxygens (including phenoxy) is 2. The summed E-state index contributed by atoms with van der Waals surface area (Å²) in [7, 11) is 0. The monoisotopic (exact) mass is 452 g/mol. The average Bonchev–Trinajstić information content (AvgIpc) is 2.48. The van der Waals surface area contributed by atoms with Gasteiger partial charge in [0.05, 0.1) is 0 Å². The van der Waals surface area contributed by atoms with Gasteiger partial charge in [-0.3, -0.25) is 0 Å². The van der Waals surface area contributed by atoms with E-state index in [0.29, 0.717) is 0 Å². The molecule has 0 aliphatic carbocycles. The minimum Gasteiger partial charge on any atom is -0.352 e. The van der Waals surface area contributed by atoms with Crippen LogP contribution in [0, 0.1) is 5.41 Å². The Balaban J connectivity index is 4.27. The van der Waals surface area contributed by atoms with E-state index in [9.17, 15) is 43.9 Å². The van der Waals surface area contributed by atoms with Gasteiger partial charge in [0.25, 0.3) is 0 Å². The Morgan fingerprint density at radius 3 is 1.10 bits per heavy atom. The van der Waals surface area contributed by atoms with Gasteiger partial charge in [-0.25, -0.2) is 0 Å². The van der Waals surface area contributed by atoms with E-state index in [-0.39, 0.29) is 26.1 Å². The fraction of sp³-hybridized carbons (Fsp3) is 1.00. The molecule has 176 valence electrons. The number of hydrogen-bond acceptors (Lipinski definition) is 2. The Hall–Kier alpha value is -0.780. The van der Waals surface area contributed by atoms with Crippen molar-refractivity contribution in [1.82, 2.24) is 0 Å². The number of unbranched alkanes of at least 4 members (excludes halogenated alkanes) is 2. The summed E-state index contributed by atoms with van der Waals surface area (Å²) < 4.78 is 134. The molecule has 0 aliphatic heterocycles. The summed E-state index contributed by atoms with van der Waals surface area (Å²) in [4.78, 5) is 0. The second-order valence-electron chi connectivity index (χ2n) is 7.76. The highest BCUT2D eigenvalue weighted by atomic mass is 19.4. The minimum absolute atomic E-state index is 0.0978. The molecule has 0 aliphatic rings. The summed E-state index contributed by atoms with van der Waals surface area (Å²) in [6, 6.07) is 0. The summed E-state index contributed by atoms with van der Waals surface area (Å²) in [6.07, 6.45) is -16.0. The molecule has 0 saturated carbocycles. The second kappa shape index (κ2) is 10.5. The first-order valence-electron chi connectivity index (χ1n) is 8.93. The van der Waals surface area contributed by atoms with Crippen LogP contribution in [0.25, 0.3) is 0 Å². The third-order valence-corrected chi connectivity index (χ3v) is 3.85. The molecule has 0 bridgehead atoms. The van der Waals surface area contributed by atoms with Crippen LogP contribution in [-0.4, -0.2) is 43.7 Å². The topological polar surface area (TPSA) is 18.5 Å². The van der Waals surface area contributed by atoms with Crippen molar-refractivity contribution in [2.45, 2.75) is 89.8 Å². The molecule has 0 radical (unpaired) electrons. The maximum absolute atomic E-state index is 12.8. The van der Waals surface area contributed by atoms with Crippen LogP contribution in [-0.2, 0) is 9.47 Å². The van der Waals surface area contributed by atoms with Gasteiger partial charge < -0.3 is 9.47 Å². The fourth-order valence-corrected chi connectivity index (χ4v) is 2.11. The molecular formula is C17H26F10O2. The Labute approximate surface area is 162 Å². The van der Waals surface area contributed by atoms with Crippen LogP contribution in [0.2, 0.25) is 0 Å². The van der Waals surface area contributed by atoms with Crippen molar-refractivity contribution >= 4 is 0 Å². The fourth-order valence-electron chi connectivity index (χ4n) is 2.11. The molecule has 0 fully saturated rings. The van der Waals surface area contributed by atoms with Crippen LogP contribution in [0.15, 0.2) is 0 Å². The summed E-state index contributed by atoms with van der Waals surface area (Å²) >= 11 is 0. The highest BCUT2D eigenvalue weighted by Crippen LogP contribution is 2.40. The van der Waals surface area contributed by atoms with Crippen molar-refractivity contribution in [3.63, 3.8) is 0 Å². The van der Waals surface area contributed by atoms with E-state index >= 15 is 0 Å². The average molecular weight is 452 g/mol. The highest BCUT2D eigenvalue weighted by molar-refractivity contribution is 4.76. The first-order valence-corrected chi connectivity index (χ1v) is 8.93. The molecule has 0 spiro atoms. The van der Waals surface area contributed by atoms with Crippen LogP contribution < -0.4 is 0 Å². The van der Waals surface area contributed by atoms with Crippen LogP contribution in [0.5, 0.6) is 0 Å². The van der Waals surface area contributed by atoms with Gasteiger partial charge >= 0.3 is 24.2 Å². The quantitative estimate of drug-likeness (QED) is 0.178. The Kier molecular flexibility index (Phi) is 10.2. The summed E-state index contributed by atoms with van der Waals surface area (Å²) in [5.74, 6) is -9.57. The van der Waals surface area contributed by atoms with Crippen molar-refractivity contribution < 1.29 is 53.4 Å². The molecule has 0 heterocycles. The third-order valence-electron chi connectivity index (χ3n) is 3.85. The molecule has 12 heteroatoms. The van der Waals surface area contributed by atoms with E-state index in [1.54, 1.807) is 20.8 Å². The number of alkyl halides is 10. The molecular weight excluding hydrogens is 426 g/mol. The zero-order valence-corrected chi connectivity index (χ0v) is 16.3. The van der Waals surface area contributed by atoms with Crippen LogP contribution in [0.4, 0.5) is 43.9 Å². The first kappa shape index (κ1) is 28.2. The lowest BCUT2D eigenvalue weighted by molar-refractivity contribution is -0.285. The van der Waals surface area contributed by atoms with E-state index in [2.05, 4.69) is 0 Å². The standard InChI is InChI=1S/C17H26F10O2/c1-13(2,3)12(28-10-6-4-8-14(18,19)16(22,23)24)29-11-7-5-9-15(20,21)17(25,26)27/h12H,4-11H2,1-3H3. The molecule has 29 heavy (non-hydrogen) atoms. The van der Waals surface area contributed by atoms with Gasteiger partial charge in [0, 0.05) is 31.5 Å². The predicted octanol–water partition coefficient (Wildman–Crippen LogP) is 7.13. The minimum atomic E-state index is -5.62. The molecule has 0 rings (SSSR count). The zero-order valence-electron chi connectivity index (χ0n) is 16.3. The molecule has 0 N–H and O–H groups in total. The first-order chi connectivity index (χ1) is 12.8. The second-order valence-corrected chi connectivity index (χ2v) is 7.76. The van der Waals surface area contributed by atoms with Crippen molar-refractivity contribution in [1.29, 1.82) is 0 Å². The molecule has 0 saturated heterocycles. The largest absolute Gasteiger partial charge is 0.453 e. The number of halogens is 10. The van der Waals surface area contributed by atoms with Crippen molar-refractivity contribution in [2.75, 3.05) is 13.2 Å². The Bertz CT molecular complexity index is 430. The van der Waals surface area contributed by atoms with E-state index in [1.165, 1.54) is 0 Å². The van der Waals surface area contributed by atoms with Gasteiger partial charge in [-0.2, -0.15) is 43.9 Å². The van der Waals surface area contributed by atoms with Gasteiger partial charge in [-0.05, 0) is 25.7 Å². The maximum atomic E-state index is 12.8. The molecule has 0 amide bonds. The van der Waals surface area contributed by atoms with E-state index < -0.39 is 61.6 Å². The van der Waals surface area contributed by atoms with E-state index in [1.807, 2.05) is 0 Å². The molecule has 0 unspecified atom stereocenters. The van der Waals surface area contributed by atoms with Crippen molar-refractivity contribution in [2.24, 2.45) is 5.41 Å². The van der Waals surface area contributed by atoms with Crippen molar-refractivity contribution in [3.8, 4) is 0 Å². The molecule has 0 atom stereocenters. The summed E-state index contributed by atoms with van der Waals surface area (Å²) in [5, 5.41) is 0. The smallest absolute Gasteiger partial charge is 0.352 e. The predicted molar refractivity (Wildman–Crippen MR) is 84.9 cm³/mol. The van der Waals surface area contributed by atoms with Crippen molar-refractivity contribution in [3.05, 3.63) is 0 Å². The Morgan fingerprint density at radius 2 is 0.862 bits per heavy atom. The lowest BCUT2D eigenvalue weighted by atomic mass is 9.96. The normalized spacial score (nSPS) is 14.7. The van der Waals surface area contributed by atoms with Crippen LogP contribution >= 0.6 is 0 Å². The lowest BCUT2D eigenvalue weighted by Crippen LogP contribution is -2.36. The lowest BCUT2D eigenvalue weighted by Gasteiger charge is -2.30. The molecule has 0 aromatic rings. The summed E-state index contributed by atoms with van der Waals surface area (Å²) in [6.45, 7) is 4.66. The number of rotatable bonds is 12. The zero-order chi connectivity index (χ0) is 23.1. The van der Waals surface area contributed by atoms with E-state index in [4.69, 9.17) is 9.47 Å². The summed E-state index contributed by atoms with van der Waals surface area (Å²) in [5.41, 5.74) is -0.647. The number of hydrogen-bond donors (Lipinski definition) is 0. The van der Waals surface area contributed by atoms with Gasteiger partial charge in [0.15, 0.2) is 6.29 Å². The van der Waals surface area contributed by atoms with Crippen LogP contribution in [0.3, 0.4) is 0 Å². The van der Waals surface area contributed by atoms with Gasteiger partial charge in [-0.15, -0.1) is 0 Å². The molecule has 2 nitrogen and oxygen atoms in total. The molecule has 0 aromatic carbocycles. The van der Waals surface area contributed by atoms with Crippen LogP contribution in [0.1, 0.15) is 59.3 Å². The maximum Gasteiger partial charge on any atom is 0.453 e.